The molecular formula is C23H30ClN7O2. The Bertz CT molecular complexity index is 1000. The van der Waals surface area contributed by atoms with Gasteiger partial charge in [0.25, 0.3) is 5.91 Å². The number of nitrogens with one attached hydrogen (secondary N) is 2. The fourth-order valence-corrected chi connectivity index (χ4v) is 4.22. The number of primary amides is 1. The quantitative estimate of drug-likeness (QED) is 0.503. The number of nitrogens with two attached hydrogens (primary N) is 2. The molecule has 0 unspecified atom stereocenters. The lowest BCUT2D eigenvalue weighted by molar-refractivity contribution is 0.100. The number of rotatable bonds is 6. The van der Waals surface area contributed by atoms with E-state index in [-0.39, 0.29) is 35.6 Å². The van der Waals surface area contributed by atoms with Gasteiger partial charge in [0.2, 0.25) is 0 Å². The van der Waals surface area contributed by atoms with Crippen molar-refractivity contribution in [2.24, 2.45) is 11.5 Å². The van der Waals surface area contributed by atoms with Crippen molar-refractivity contribution in [2.75, 3.05) is 41.8 Å². The normalized spacial score (nSPS) is 20.3. The van der Waals surface area contributed by atoms with Crippen molar-refractivity contribution < 1.29 is 9.53 Å². The molecule has 2 atom stereocenters. The average molecular weight is 472 g/mol. The lowest BCUT2D eigenvalue weighted by Crippen LogP contribution is -2.43. The minimum absolute atomic E-state index is 0. The minimum Gasteiger partial charge on any atom is -0.378 e. The Morgan fingerprint density at radius 3 is 2.48 bits per heavy atom. The Morgan fingerprint density at radius 1 is 1.15 bits per heavy atom. The van der Waals surface area contributed by atoms with Crippen LogP contribution in [0.15, 0.2) is 30.3 Å². The van der Waals surface area contributed by atoms with Crippen molar-refractivity contribution in [3.05, 3.63) is 41.5 Å². The molecule has 176 valence electrons. The van der Waals surface area contributed by atoms with Gasteiger partial charge in [-0.2, -0.15) is 5.26 Å². The number of anilines is 4. The number of morpholine rings is 1. The maximum absolute atomic E-state index is 12.1. The lowest BCUT2D eigenvalue weighted by Gasteiger charge is -2.30. The molecule has 6 N–H and O–H groups in total. The summed E-state index contributed by atoms with van der Waals surface area (Å²) in [5, 5.41) is 16.1. The van der Waals surface area contributed by atoms with E-state index < -0.39 is 5.91 Å². The summed E-state index contributed by atoms with van der Waals surface area (Å²) in [6.45, 7) is 3.15. The summed E-state index contributed by atoms with van der Waals surface area (Å²) in [6.07, 6.45) is 4.02. The minimum atomic E-state index is -0.651. The van der Waals surface area contributed by atoms with Crippen molar-refractivity contribution in [1.82, 2.24) is 4.98 Å². The van der Waals surface area contributed by atoms with Gasteiger partial charge >= 0.3 is 0 Å². The van der Waals surface area contributed by atoms with Crippen molar-refractivity contribution in [3.8, 4) is 6.07 Å². The first kappa shape index (κ1) is 24.6. The van der Waals surface area contributed by atoms with E-state index >= 15 is 0 Å². The Labute approximate surface area is 199 Å². The molecule has 10 heteroatoms. The maximum Gasteiger partial charge on any atom is 0.252 e. The number of hydrogen-bond donors (Lipinski definition) is 4. The van der Waals surface area contributed by atoms with E-state index in [4.69, 9.17) is 16.2 Å². The van der Waals surface area contributed by atoms with Crippen LogP contribution in [0.2, 0.25) is 0 Å². The Kier molecular flexibility index (Phi) is 8.33. The van der Waals surface area contributed by atoms with Crippen LogP contribution >= 0.6 is 12.4 Å². The van der Waals surface area contributed by atoms with Crippen LogP contribution in [0.1, 0.15) is 41.6 Å². The highest BCUT2D eigenvalue weighted by Gasteiger charge is 2.24. The molecule has 0 spiro atoms. The number of nitrogens with zero attached hydrogens (tertiary/aromatic N) is 3. The molecule has 0 radical (unpaired) electrons. The third-order valence-electron chi connectivity index (χ3n) is 6.06. The first-order chi connectivity index (χ1) is 15.5. The molecule has 4 rings (SSSR count). The van der Waals surface area contributed by atoms with Gasteiger partial charge in [-0.25, -0.2) is 4.98 Å². The molecule has 1 aromatic heterocycles. The standard InChI is InChI=1S/C23H29N7O2.ClH/c24-14-15-13-18(21(26)31)23(29-22(15)28-20-4-2-1-3-19(20)25)27-16-5-7-17(8-6-16)30-9-11-32-12-10-30;/h5-8,13,19-20H,1-4,9-12,25H2,(H2,26,31)(H2,27,28,29);1H/t19-,20+;/m0./s1. The van der Waals surface area contributed by atoms with Gasteiger partial charge in [-0.3, -0.25) is 4.79 Å². The van der Waals surface area contributed by atoms with Crippen LogP contribution in [-0.4, -0.2) is 49.3 Å². The van der Waals surface area contributed by atoms with Gasteiger partial charge in [0.1, 0.15) is 17.7 Å². The first-order valence-corrected chi connectivity index (χ1v) is 11.0. The van der Waals surface area contributed by atoms with Crippen molar-refractivity contribution in [3.63, 3.8) is 0 Å². The predicted octanol–water partition coefficient (Wildman–Crippen LogP) is 2.74. The third-order valence-corrected chi connectivity index (χ3v) is 6.06. The van der Waals surface area contributed by atoms with Crippen LogP contribution in [-0.2, 0) is 4.74 Å². The van der Waals surface area contributed by atoms with Crippen LogP contribution in [0.5, 0.6) is 0 Å². The SMILES string of the molecule is Cl.N#Cc1cc(C(N)=O)c(Nc2ccc(N3CCOCC3)cc2)nc1N[C@@H]1CCCC[C@@H]1N. The summed E-state index contributed by atoms with van der Waals surface area (Å²) in [4.78, 5) is 18.9. The molecule has 33 heavy (non-hydrogen) atoms. The molecule has 2 fully saturated rings. The number of pyridine rings is 1. The summed E-state index contributed by atoms with van der Waals surface area (Å²) >= 11 is 0. The molecule has 1 aliphatic carbocycles. The molecule has 1 saturated carbocycles. The van der Waals surface area contributed by atoms with Gasteiger partial charge in [0.15, 0.2) is 0 Å². The summed E-state index contributed by atoms with van der Waals surface area (Å²) in [5.41, 5.74) is 14.1. The molecule has 1 saturated heterocycles. The highest BCUT2D eigenvalue weighted by Crippen LogP contribution is 2.28. The van der Waals surface area contributed by atoms with E-state index in [0.717, 1.165) is 63.4 Å². The van der Waals surface area contributed by atoms with Crippen molar-refractivity contribution in [1.29, 1.82) is 5.26 Å². The monoisotopic (exact) mass is 471 g/mol. The fraction of sp³-hybridized carbons (Fsp3) is 0.435. The number of carbonyl (C=O) groups excluding carboxylic acids is 1. The van der Waals surface area contributed by atoms with E-state index in [0.29, 0.717) is 11.6 Å². The zero-order valence-electron chi connectivity index (χ0n) is 18.4. The number of halogens is 1. The van der Waals surface area contributed by atoms with Crippen LogP contribution in [0, 0.1) is 11.3 Å². The number of amides is 1. The second kappa shape index (κ2) is 11.2. The number of aromatic nitrogens is 1. The highest BCUT2D eigenvalue weighted by atomic mass is 35.5. The van der Waals surface area contributed by atoms with E-state index in [2.05, 4.69) is 26.6 Å². The highest BCUT2D eigenvalue weighted by molar-refractivity contribution is 5.99. The number of hydrogen-bond acceptors (Lipinski definition) is 8. The molecular weight excluding hydrogens is 442 g/mol. The second-order valence-corrected chi connectivity index (χ2v) is 8.23. The second-order valence-electron chi connectivity index (χ2n) is 8.23. The zero-order valence-corrected chi connectivity index (χ0v) is 19.2. The van der Waals surface area contributed by atoms with Crippen molar-refractivity contribution >= 4 is 41.3 Å². The Hall–Kier alpha value is -3.06. The van der Waals surface area contributed by atoms with E-state index in [1.165, 1.54) is 6.07 Å². The Balaban J connectivity index is 0.00000306. The first-order valence-electron chi connectivity index (χ1n) is 11.0. The number of benzene rings is 1. The molecule has 2 aromatic rings. The van der Waals surface area contributed by atoms with Gasteiger partial charge in [0.05, 0.1) is 24.3 Å². The maximum atomic E-state index is 12.1. The largest absolute Gasteiger partial charge is 0.378 e. The smallest absolute Gasteiger partial charge is 0.252 e. The van der Waals surface area contributed by atoms with Gasteiger partial charge < -0.3 is 31.7 Å². The third kappa shape index (κ3) is 5.85. The van der Waals surface area contributed by atoms with Gasteiger partial charge in [0, 0.05) is 36.5 Å². The average Bonchev–Trinajstić information content (AvgIpc) is 2.81. The summed E-state index contributed by atoms with van der Waals surface area (Å²) in [6, 6.07) is 11.5. The summed E-state index contributed by atoms with van der Waals surface area (Å²) < 4.78 is 5.41. The molecule has 2 heterocycles. The fourth-order valence-electron chi connectivity index (χ4n) is 4.22. The number of nitriles is 1. The van der Waals surface area contributed by atoms with E-state index in [1.807, 2.05) is 24.3 Å². The van der Waals surface area contributed by atoms with Crippen molar-refractivity contribution in [2.45, 2.75) is 37.8 Å². The van der Waals surface area contributed by atoms with Crippen LogP contribution in [0.25, 0.3) is 0 Å². The number of carbonyl (C=O) groups is 1. The zero-order chi connectivity index (χ0) is 22.5. The number of ether oxygens (including phenoxy) is 1. The molecule has 2 aliphatic rings. The summed E-state index contributed by atoms with van der Waals surface area (Å²) in [7, 11) is 0. The van der Waals surface area contributed by atoms with Crippen LogP contribution < -0.4 is 27.0 Å². The topological polar surface area (TPSA) is 142 Å². The molecule has 9 nitrogen and oxygen atoms in total. The van der Waals surface area contributed by atoms with Gasteiger partial charge in [-0.1, -0.05) is 12.8 Å². The molecule has 1 aromatic carbocycles. The van der Waals surface area contributed by atoms with Gasteiger partial charge in [-0.15, -0.1) is 12.4 Å². The van der Waals surface area contributed by atoms with E-state index in [1.54, 1.807) is 0 Å². The molecule has 1 aliphatic heterocycles. The van der Waals surface area contributed by atoms with Crippen LogP contribution in [0.4, 0.5) is 23.0 Å². The molecule has 1 amide bonds. The van der Waals surface area contributed by atoms with E-state index in [9.17, 15) is 10.1 Å². The molecule has 0 bridgehead atoms. The van der Waals surface area contributed by atoms with Gasteiger partial charge in [-0.05, 0) is 43.2 Å². The summed E-state index contributed by atoms with van der Waals surface area (Å²) in [5.74, 6) is 0.0668. The Morgan fingerprint density at radius 2 is 1.85 bits per heavy atom. The predicted molar refractivity (Wildman–Crippen MR) is 131 cm³/mol. The van der Waals surface area contributed by atoms with Crippen LogP contribution in [0.3, 0.4) is 0 Å². The lowest BCUT2D eigenvalue weighted by atomic mass is 9.91.